The molecule has 2 aromatic rings. The Kier molecular flexibility index (Phi) is 4.47. The quantitative estimate of drug-likeness (QED) is 0.752. The van der Waals surface area contributed by atoms with Crippen molar-refractivity contribution >= 4 is 16.7 Å². The Morgan fingerprint density at radius 1 is 1.14 bits per heavy atom. The molecule has 2 saturated carbocycles. The van der Waals surface area contributed by atoms with Gasteiger partial charge in [0.1, 0.15) is 11.9 Å². The molecule has 2 aliphatic rings. The van der Waals surface area contributed by atoms with Crippen molar-refractivity contribution in [1.82, 2.24) is 0 Å². The number of rotatable bonds is 4. The largest absolute Gasteiger partial charge is 0.497 e. The van der Waals surface area contributed by atoms with Crippen LogP contribution in [0, 0.1) is 17.3 Å². The summed E-state index contributed by atoms with van der Waals surface area (Å²) in [7, 11) is 1.59. The summed E-state index contributed by atoms with van der Waals surface area (Å²) in [5.41, 5.74) is -3.06. The Hall–Kier alpha value is -2.14. The Morgan fingerprint density at radius 2 is 1.79 bits per heavy atom. The number of carbonyl (C=O) groups excluding carboxylic acids is 1. The Bertz CT molecular complexity index is 963. The first kappa shape index (κ1) is 20.1. The van der Waals surface area contributed by atoms with Crippen LogP contribution in [0.25, 0.3) is 10.8 Å². The zero-order valence-corrected chi connectivity index (χ0v) is 17.7. The molecule has 1 N–H and O–H groups in total. The van der Waals surface area contributed by atoms with Crippen LogP contribution in [0.15, 0.2) is 36.4 Å². The molecule has 0 heterocycles. The smallest absolute Gasteiger partial charge is 0.348 e. The monoisotopic (exact) mass is 400 g/mol. The third kappa shape index (κ3) is 3.29. The second-order valence-electron chi connectivity index (χ2n) is 9.66. The molecule has 29 heavy (non-hydrogen) atoms. The maximum Gasteiger partial charge on any atom is 0.348 e. The summed E-state index contributed by atoms with van der Waals surface area (Å²) in [5.74, 6) is 0.602. The number of alkyl halides is 1. The van der Waals surface area contributed by atoms with E-state index < -0.39 is 23.3 Å². The summed E-state index contributed by atoms with van der Waals surface area (Å²) < 4.78 is 26.4. The maximum atomic E-state index is 15.6. The van der Waals surface area contributed by atoms with E-state index in [9.17, 15) is 9.90 Å². The van der Waals surface area contributed by atoms with Gasteiger partial charge in [-0.1, -0.05) is 32.0 Å². The van der Waals surface area contributed by atoms with Crippen LogP contribution < -0.4 is 4.74 Å². The van der Waals surface area contributed by atoms with Crippen LogP contribution in [0.3, 0.4) is 0 Å². The average molecular weight is 400 g/mol. The molecule has 0 saturated heterocycles. The molecule has 4 nitrogen and oxygen atoms in total. The Labute approximate surface area is 171 Å². The molecule has 0 spiro atoms. The lowest BCUT2D eigenvalue weighted by atomic mass is 9.83. The first-order chi connectivity index (χ1) is 13.5. The maximum absolute atomic E-state index is 15.6. The van der Waals surface area contributed by atoms with Crippen molar-refractivity contribution < 1.29 is 23.8 Å². The number of halogens is 1. The van der Waals surface area contributed by atoms with E-state index in [1.165, 1.54) is 6.92 Å². The normalized spacial score (nSPS) is 32.2. The van der Waals surface area contributed by atoms with Gasteiger partial charge in [-0.05, 0) is 72.9 Å². The fourth-order valence-corrected chi connectivity index (χ4v) is 4.97. The summed E-state index contributed by atoms with van der Waals surface area (Å²) in [4.78, 5) is 12.8. The van der Waals surface area contributed by atoms with E-state index in [4.69, 9.17) is 9.47 Å². The van der Waals surface area contributed by atoms with Crippen molar-refractivity contribution in [3.63, 3.8) is 0 Å². The second kappa shape index (κ2) is 6.43. The minimum Gasteiger partial charge on any atom is -0.497 e. The fraction of sp³-hybridized carbons (Fsp3) is 0.542. The lowest BCUT2D eigenvalue weighted by molar-refractivity contribution is -0.182. The van der Waals surface area contributed by atoms with Crippen molar-refractivity contribution in [2.75, 3.05) is 7.11 Å². The second-order valence-corrected chi connectivity index (χ2v) is 9.66. The first-order valence-corrected chi connectivity index (χ1v) is 10.2. The van der Waals surface area contributed by atoms with Gasteiger partial charge in [0.15, 0.2) is 0 Å². The van der Waals surface area contributed by atoms with Gasteiger partial charge in [0, 0.05) is 5.56 Å². The third-order valence-corrected chi connectivity index (χ3v) is 7.30. The number of hydrogen-bond acceptors (Lipinski definition) is 4. The van der Waals surface area contributed by atoms with Gasteiger partial charge in [0.05, 0.1) is 12.7 Å². The molecule has 5 heteroatoms. The van der Waals surface area contributed by atoms with Gasteiger partial charge in [0.2, 0.25) is 5.67 Å². The lowest BCUT2D eigenvalue weighted by Crippen LogP contribution is -2.47. The molecular formula is C24H29FO4. The van der Waals surface area contributed by atoms with Crippen molar-refractivity contribution in [2.24, 2.45) is 17.3 Å². The SMILES string of the molecule is COc1ccc2cc([C@@](C)(F)C(=O)O[C@@H]3C[C@@H]4[C@H](C[C@@]3(C)O)C4(C)C)ccc2c1. The number of esters is 1. The van der Waals surface area contributed by atoms with E-state index in [1.807, 2.05) is 12.1 Å². The zero-order chi connectivity index (χ0) is 21.2. The van der Waals surface area contributed by atoms with Gasteiger partial charge < -0.3 is 14.6 Å². The summed E-state index contributed by atoms with van der Waals surface area (Å²) in [6.07, 6.45) is 0.450. The number of methoxy groups -OCH3 is 1. The molecule has 0 radical (unpaired) electrons. The zero-order valence-electron chi connectivity index (χ0n) is 17.7. The van der Waals surface area contributed by atoms with Crippen LogP contribution in [0.2, 0.25) is 0 Å². The van der Waals surface area contributed by atoms with Gasteiger partial charge in [-0.2, -0.15) is 0 Å². The molecule has 0 aliphatic heterocycles. The molecule has 0 bridgehead atoms. The van der Waals surface area contributed by atoms with Crippen LogP contribution in [0.4, 0.5) is 4.39 Å². The summed E-state index contributed by atoms with van der Waals surface area (Å²) >= 11 is 0. The van der Waals surface area contributed by atoms with Crippen LogP contribution in [-0.4, -0.2) is 29.9 Å². The number of aliphatic hydroxyl groups is 1. The highest BCUT2D eigenvalue weighted by atomic mass is 19.1. The van der Waals surface area contributed by atoms with Crippen LogP contribution in [0.5, 0.6) is 5.75 Å². The predicted molar refractivity (Wildman–Crippen MR) is 109 cm³/mol. The Morgan fingerprint density at radius 3 is 2.48 bits per heavy atom. The standard InChI is InChI=1S/C24H29FO4/c1-22(2)18-12-20(23(3,27)13-19(18)22)29-21(26)24(4,25)16-8-6-15-11-17(28-5)9-7-14(15)10-16/h6-11,18-20,27H,12-13H2,1-5H3/t18-,19+,20-,23-,24-/m1/s1. The van der Waals surface area contributed by atoms with Gasteiger partial charge in [-0.3, -0.25) is 0 Å². The van der Waals surface area contributed by atoms with Crippen LogP contribution in [0.1, 0.15) is 46.1 Å². The average Bonchev–Trinajstić information content (AvgIpc) is 3.18. The number of benzene rings is 2. The van der Waals surface area contributed by atoms with Gasteiger partial charge >= 0.3 is 5.97 Å². The molecule has 156 valence electrons. The van der Waals surface area contributed by atoms with E-state index in [-0.39, 0.29) is 11.0 Å². The van der Waals surface area contributed by atoms with Crippen molar-refractivity contribution in [2.45, 2.75) is 57.9 Å². The van der Waals surface area contributed by atoms with Crippen molar-refractivity contribution in [3.8, 4) is 5.75 Å². The number of carbonyl (C=O) groups is 1. The van der Waals surface area contributed by atoms with E-state index in [0.29, 0.717) is 30.4 Å². The van der Waals surface area contributed by atoms with E-state index in [1.54, 1.807) is 38.3 Å². The minimum absolute atomic E-state index is 0.142. The van der Waals surface area contributed by atoms with E-state index in [2.05, 4.69) is 13.8 Å². The summed E-state index contributed by atoms with van der Waals surface area (Å²) in [5, 5.41) is 12.5. The molecule has 2 aliphatic carbocycles. The number of fused-ring (bicyclic) bond motifs is 2. The summed E-state index contributed by atoms with van der Waals surface area (Å²) in [6.45, 7) is 7.26. The van der Waals surface area contributed by atoms with Gasteiger partial charge in [-0.15, -0.1) is 0 Å². The first-order valence-electron chi connectivity index (χ1n) is 10.2. The predicted octanol–water partition coefficient (Wildman–Crippen LogP) is 4.76. The highest BCUT2D eigenvalue weighted by Gasteiger charge is 2.65. The van der Waals surface area contributed by atoms with Crippen LogP contribution >= 0.6 is 0 Å². The van der Waals surface area contributed by atoms with E-state index >= 15 is 4.39 Å². The highest BCUT2D eigenvalue weighted by molar-refractivity contribution is 5.88. The van der Waals surface area contributed by atoms with Crippen molar-refractivity contribution in [1.29, 1.82) is 0 Å². The number of ether oxygens (including phenoxy) is 2. The number of hydrogen-bond donors (Lipinski definition) is 1. The summed E-state index contributed by atoms with van der Waals surface area (Å²) in [6, 6.07) is 10.5. The molecular weight excluding hydrogens is 371 g/mol. The van der Waals surface area contributed by atoms with Gasteiger partial charge in [0.25, 0.3) is 0 Å². The molecule has 2 fully saturated rings. The third-order valence-electron chi connectivity index (χ3n) is 7.30. The van der Waals surface area contributed by atoms with Crippen LogP contribution in [-0.2, 0) is 15.2 Å². The molecule has 5 atom stereocenters. The molecule has 0 unspecified atom stereocenters. The minimum atomic E-state index is -2.31. The molecule has 0 amide bonds. The fourth-order valence-electron chi connectivity index (χ4n) is 4.97. The highest BCUT2D eigenvalue weighted by Crippen LogP contribution is 2.66. The lowest BCUT2D eigenvalue weighted by Gasteiger charge is -2.37. The van der Waals surface area contributed by atoms with Crippen molar-refractivity contribution in [3.05, 3.63) is 42.0 Å². The molecule has 2 aromatic carbocycles. The molecule has 4 rings (SSSR count). The van der Waals surface area contributed by atoms with Gasteiger partial charge in [-0.25, -0.2) is 9.18 Å². The van der Waals surface area contributed by atoms with E-state index in [0.717, 1.165) is 10.8 Å². The topological polar surface area (TPSA) is 55.8 Å². The Balaban J connectivity index is 1.55. The molecule has 0 aromatic heterocycles.